The third-order valence-electron chi connectivity index (χ3n) is 3.24. The third kappa shape index (κ3) is 2.44. The molecule has 1 aromatic rings. The molecule has 1 nitrogen and oxygen atoms in total. The van der Waals surface area contributed by atoms with Gasteiger partial charge in [-0.2, -0.15) is 13.2 Å². The standard InChI is InChI=1S/C12H12F4O/c13-10-6-8(11(17)7-2-1-3-7)4-5-9(10)12(14,15)16/h4-7,11,17H,1-3H2. The van der Waals surface area contributed by atoms with E-state index in [-0.39, 0.29) is 11.5 Å². The minimum Gasteiger partial charge on any atom is -0.388 e. The molecule has 1 atom stereocenters. The Morgan fingerprint density at radius 2 is 1.88 bits per heavy atom. The summed E-state index contributed by atoms with van der Waals surface area (Å²) in [4.78, 5) is 0. The zero-order valence-electron chi connectivity index (χ0n) is 8.97. The Hall–Kier alpha value is -1.10. The summed E-state index contributed by atoms with van der Waals surface area (Å²) in [6.07, 6.45) is -2.87. The lowest BCUT2D eigenvalue weighted by Gasteiger charge is -2.30. The molecule has 0 bridgehead atoms. The van der Waals surface area contributed by atoms with Crippen molar-refractivity contribution in [3.8, 4) is 0 Å². The maximum atomic E-state index is 13.3. The van der Waals surface area contributed by atoms with Crippen molar-refractivity contribution in [1.82, 2.24) is 0 Å². The van der Waals surface area contributed by atoms with E-state index in [2.05, 4.69) is 0 Å². The van der Waals surface area contributed by atoms with Crippen LogP contribution in [-0.2, 0) is 6.18 Å². The topological polar surface area (TPSA) is 20.2 Å². The Morgan fingerprint density at radius 1 is 1.24 bits per heavy atom. The van der Waals surface area contributed by atoms with Crippen LogP contribution in [0.25, 0.3) is 0 Å². The molecule has 1 aliphatic carbocycles. The molecule has 1 aromatic carbocycles. The number of benzene rings is 1. The van der Waals surface area contributed by atoms with E-state index in [0.717, 1.165) is 31.4 Å². The number of aliphatic hydroxyl groups is 1. The molecule has 0 radical (unpaired) electrons. The lowest BCUT2D eigenvalue weighted by molar-refractivity contribution is -0.140. The van der Waals surface area contributed by atoms with Crippen LogP contribution in [0.1, 0.15) is 36.5 Å². The largest absolute Gasteiger partial charge is 0.419 e. The summed E-state index contributed by atoms with van der Waals surface area (Å²) in [5.41, 5.74) is -1.07. The van der Waals surface area contributed by atoms with E-state index in [4.69, 9.17) is 0 Å². The first-order valence-corrected chi connectivity index (χ1v) is 5.44. The molecular formula is C12H12F4O. The first-order chi connectivity index (χ1) is 7.89. The first-order valence-electron chi connectivity index (χ1n) is 5.44. The summed E-state index contributed by atoms with van der Waals surface area (Å²) in [5.74, 6) is -1.28. The highest BCUT2D eigenvalue weighted by Crippen LogP contribution is 2.39. The molecule has 0 amide bonds. The number of alkyl halides is 3. The fourth-order valence-corrected chi connectivity index (χ4v) is 1.97. The zero-order valence-corrected chi connectivity index (χ0v) is 8.97. The summed E-state index contributed by atoms with van der Waals surface area (Å²) in [6, 6.07) is 2.62. The van der Waals surface area contributed by atoms with Crippen molar-refractivity contribution in [3.05, 3.63) is 35.1 Å². The summed E-state index contributed by atoms with van der Waals surface area (Å²) >= 11 is 0. The molecule has 0 aliphatic heterocycles. The van der Waals surface area contributed by atoms with Gasteiger partial charge in [-0.05, 0) is 36.5 Å². The van der Waals surface area contributed by atoms with Gasteiger partial charge in [-0.25, -0.2) is 4.39 Å². The van der Waals surface area contributed by atoms with E-state index in [0.29, 0.717) is 6.07 Å². The van der Waals surface area contributed by atoms with Gasteiger partial charge >= 0.3 is 6.18 Å². The summed E-state index contributed by atoms with van der Waals surface area (Å²) in [7, 11) is 0. The molecule has 5 heteroatoms. The number of hydrogen-bond acceptors (Lipinski definition) is 1. The Labute approximate surface area is 96.1 Å². The highest BCUT2D eigenvalue weighted by Gasteiger charge is 2.35. The van der Waals surface area contributed by atoms with Crippen molar-refractivity contribution < 1.29 is 22.7 Å². The molecule has 1 fully saturated rings. The van der Waals surface area contributed by atoms with Gasteiger partial charge in [0, 0.05) is 0 Å². The molecule has 94 valence electrons. The monoisotopic (exact) mass is 248 g/mol. The second kappa shape index (κ2) is 4.29. The maximum absolute atomic E-state index is 13.3. The van der Waals surface area contributed by atoms with E-state index < -0.39 is 23.7 Å². The normalized spacial score (nSPS) is 18.9. The quantitative estimate of drug-likeness (QED) is 0.791. The van der Waals surface area contributed by atoms with Gasteiger partial charge < -0.3 is 5.11 Å². The van der Waals surface area contributed by atoms with E-state index in [9.17, 15) is 22.7 Å². The molecule has 0 saturated heterocycles. The minimum absolute atomic E-state index is 0.0473. The molecule has 1 aliphatic rings. The predicted molar refractivity (Wildman–Crippen MR) is 53.7 cm³/mol. The molecular weight excluding hydrogens is 236 g/mol. The van der Waals surface area contributed by atoms with Crippen molar-refractivity contribution in [2.24, 2.45) is 5.92 Å². The average Bonchev–Trinajstić information content (AvgIpc) is 2.12. The van der Waals surface area contributed by atoms with Crippen molar-refractivity contribution >= 4 is 0 Å². The van der Waals surface area contributed by atoms with Crippen molar-refractivity contribution in [2.45, 2.75) is 31.5 Å². The van der Waals surface area contributed by atoms with Crippen LogP contribution < -0.4 is 0 Å². The number of halogens is 4. The first kappa shape index (κ1) is 12.4. The average molecular weight is 248 g/mol. The Kier molecular flexibility index (Phi) is 3.12. The van der Waals surface area contributed by atoms with Crippen molar-refractivity contribution in [2.75, 3.05) is 0 Å². The van der Waals surface area contributed by atoms with Crippen LogP contribution in [0.4, 0.5) is 17.6 Å². The fourth-order valence-electron chi connectivity index (χ4n) is 1.97. The second-order valence-electron chi connectivity index (χ2n) is 4.37. The molecule has 17 heavy (non-hydrogen) atoms. The Balaban J connectivity index is 2.24. The zero-order chi connectivity index (χ0) is 12.6. The smallest absolute Gasteiger partial charge is 0.388 e. The number of hydrogen-bond donors (Lipinski definition) is 1. The van der Waals surface area contributed by atoms with E-state index >= 15 is 0 Å². The molecule has 0 spiro atoms. The van der Waals surface area contributed by atoms with E-state index in [1.807, 2.05) is 0 Å². The molecule has 1 unspecified atom stereocenters. The Morgan fingerprint density at radius 3 is 2.29 bits per heavy atom. The van der Waals surface area contributed by atoms with Gasteiger partial charge in [0.15, 0.2) is 0 Å². The molecule has 1 N–H and O–H groups in total. The minimum atomic E-state index is -4.69. The van der Waals surface area contributed by atoms with Gasteiger partial charge in [-0.15, -0.1) is 0 Å². The van der Waals surface area contributed by atoms with E-state index in [1.54, 1.807) is 0 Å². The maximum Gasteiger partial charge on any atom is 0.419 e. The SMILES string of the molecule is OC(c1ccc(C(F)(F)F)c(F)c1)C1CCC1. The third-order valence-corrected chi connectivity index (χ3v) is 3.24. The molecule has 0 aromatic heterocycles. The lowest BCUT2D eigenvalue weighted by atomic mass is 9.78. The molecule has 0 heterocycles. The second-order valence-corrected chi connectivity index (χ2v) is 4.37. The fraction of sp³-hybridized carbons (Fsp3) is 0.500. The van der Waals surface area contributed by atoms with Crippen LogP contribution in [0, 0.1) is 11.7 Å². The number of aliphatic hydroxyl groups excluding tert-OH is 1. The molecule has 2 rings (SSSR count). The predicted octanol–water partition coefficient (Wildman–Crippen LogP) is 3.68. The van der Waals surface area contributed by atoms with Crippen LogP contribution in [-0.4, -0.2) is 5.11 Å². The summed E-state index contributed by atoms with van der Waals surface area (Å²) in [6.45, 7) is 0. The van der Waals surface area contributed by atoms with Crippen LogP contribution in [0.2, 0.25) is 0 Å². The summed E-state index contributed by atoms with van der Waals surface area (Å²) < 4.78 is 50.2. The van der Waals surface area contributed by atoms with Crippen molar-refractivity contribution in [1.29, 1.82) is 0 Å². The number of rotatable bonds is 2. The van der Waals surface area contributed by atoms with E-state index in [1.165, 1.54) is 0 Å². The van der Waals surface area contributed by atoms with Crippen LogP contribution in [0.3, 0.4) is 0 Å². The summed E-state index contributed by atoms with van der Waals surface area (Å²) in [5, 5.41) is 9.81. The van der Waals surface area contributed by atoms with Gasteiger partial charge in [-0.1, -0.05) is 12.5 Å². The molecule has 1 saturated carbocycles. The van der Waals surface area contributed by atoms with Crippen molar-refractivity contribution in [3.63, 3.8) is 0 Å². The van der Waals surface area contributed by atoms with Gasteiger partial charge in [0.2, 0.25) is 0 Å². The van der Waals surface area contributed by atoms with Gasteiger partial charge in [0.1, 0.15) is 5.82 Å². The highest BCUT2D eigenvalue weighted by molar-refractivity contribution is 5.28. The highest BCUT2D eigenvalue weighted by atomic mass is 19.4. The lowest BCUT2D eigenvalue weighted by Crippen LogP contribution is -2.20. The van der Waals surface area contributed by atoms with Gasteiger partial charge in [-0.3, -0.25) is 0 Å². The van der Waals surface area contributed by atoms with Crippen LogP contribution >= 0.6 is 0 Å². The Bertz CT molecular complexity index is 409. The van der Waals surface area contributed by atoms with Gasteiger partial charge in [0.05, 0.1) is 11.7 Å². The van der Waals surface area contributed by atoms with Gasteiger partial charge in [0.25, 0.3) is 0 Å². The van der Waals surface area contributed by atoms with Crippen LogP contribution in [0.15, 0.2) is 18.2 Å². The van der Waals surface area contributed by atoms with Crippen LogP contribution in [0.5, 0.6) is 0 Å².